The molecular weight excluding hydrogens is 330 g/mol. The number of amides is 1. The number of nitrogens with zero attached hydrogens (tertiary/aromatic N) is 3. The molecular formula is C20H29N3O3. The highest BCUT2D eigenvalue weighted by atomic mass is 16.4. The first-order chi connectivity index (χ1) is 12.5. The molecule has 2 aliphatic rings. The predicted molar refractivity (Wildman–Crippen MR) is 102 cm³/mol. The average Bonchev–Trinajstić information content (AvgIpc) is 2.67. The summed E-state index contributed by atoms with van der Waals surface area (Å²) in [5.74, 6) is 0.760. The topological polar surface area (TPSA) is 64.1 Å². The number of carbonyl (C=O) groups excluding carboxylic acids is 1. The first-order valence-corrected chi connectivity index (χ1v) is 9.59. The van der Waals surface area contributed by atoms with Crippen LogP contribution in [0.2, 0.25) is 0 Å². The van der Waals surface area contributed by atoms with E-state index in [2.05, 4.69) is 15.9 Å². The molecule has 6 heteroatoms. The Morgan fingerprint density at radius 3 is 2.38 bits per heavy atom. The minimum Gasteiger partial charge on any atom is -0.465 e. The Hall–Kier alpha value is -2.08. The second kappa shape index (κ2) is 8.54. The van der Waals surface area contributed by atoms with Crippen molar-refractivity contribution in [2.75, 3.05) is 50.7 Å². The lowest BCUT2D eigenvalue weighted by atomic mass is 9.93. The Bertz CT molecular complexity index is 633. The molecule has 1 amide bonds. The van der Waals surface area contributed by atoms with Crippen molar-refractivity contribution in [2.24, 2.45) is 5.92 Å². The van der Waals surface area contributed by atoms with E-state index >= 15 is 0 Å². The maximum Gasteiger partial charge on any atom is 0.407 e. The summed E-state index contributed by atoms with van der Waals surface area (Å²) in [7, 11) is 0. The van der Waals surface area contributed by atoms with Crippen LogP contribution in [0.15, 0.2) is 24.3 Å². The minimum absolute atomic E-state index is 0.111. The van der Waals surface area contributed by atoms with E-state index in [0.717, 1.165) is 63.2 Å². The zero-order valence-corrected chi connectivity index (χ0v) is 15.6. The van der Waals surface area contributed by atoms with Crippen molar-refractivity contribution in [3.8, 4) is 0 Å². The van der Waals surface area contributed by atoms with Gasteiger partial charge in [0.15, 0.2) is 5.78 Å². The number of ketones is 1. The van der Waals surface area contributed by atoms with Crippen LogP contribution in [0, 0.1) is 5.92 Å². The van der Waals surface area contributed by atoms with Gasteiger partial charge in [0.1, 0.15) is 0 Å². The van der Waals surface area contributed by atoms with Gasteiger partial charge in [0, 0.05) is 50.5 Å². The Kier molecular flexibility index (Phi) is 6.14. The standard InChI is InChI=1S/C20H29N3O3/c1-16(24)18-3-2-4-19(15-18)22-13-11-21(12-14-22)8-5-17-6-9-23(10-7-17)20(25)26/h2-4,15,17H,5-14H2,1H3,(H,25,26). The maximum absolute atomic E-state index is 11.6. The second-order valence-corrected chi connectivity index (χ2v) is 7.44. The zero-order chi connectivity index (χ0) is 18.5. The lowest BCUT2D eigenvalue weighted by Gasteiger charge is -2.37. The number of carboxylic acid groups (broad SMARTS) is 1. The lowest BCUT2D eigenvalue weighted by Crippen LogP contribution is -2.47. The van der Waals surface area contributed by atoms with Crippen LogP contribution < -0.4 is 4.90 Å². The van der Waals surface area contributed by atoms with Gasteiger partial charge in [0.2, 0.25) is 0 Å². The van der Waals surface area contributed by atoms with Crippen LogP contribution in [-0.2, 0) is 0 Å². The van der Waals surface area contributed by atoms with E-state index in [4.69, 9.17) is 5.11 Å². The Labute approximate surface area is 155 Å². The highest BCUT2D eigenvalue weighted by Gasteiger charge is 2.23. The van der Waals surface area contributed by atoms with Gasteiger partial charge in [0.05, 0.1) is 0 Å². The van der Waals surface area contributed by atoms with Crippen molar-refractivity contribution in [3.63, 3.8) is 0 Å². The molecule has 0 aromatic heterocycles. The number of rotatable bonds is 5. The summed E-state index contributed by atoms with van der Waals surface area (Å²) in [6.45, 7) is 8.12. The van der Waals surface area contributed by atoms with Gasteiger partial charge < -0.3 is 14.9 Å². The third-order valence-corrected chi connectivity index (χ3v) is 5.73. The fourth-order valence-corrected chi connectivity index (χ4v) is 3.93. The molecule has 0 spiro atoms. The number of carbonyl (C=O) groups is 2. The molecule has 26 heavy (non-hydrogen) atoms. The summed E-state index contributed by atoms with van der Waals surface area (Å²) >= 11 is 0. The van der Waals surface area contributed by atoms with Crippen LogP contribution in [0.1, 0.15) is 36.5 Å². The Balaban J connectivity index is 1.41. The lowest BCUT2D eigenvalue weighted by molar-refractivity contribution is 0.101. The van der Waals surface area contributed by atoms with Gasteiger partial charge >= 0.3 is 6.09 Å². The molecule has 142 valence electrons. The third-order valence-electron chi connectivity index (χ3n) is 5.73. The molecule has 6 nitrogen and oxygen atoms in total. The van der Waals surface area contributed by atoms with Crippen molar-refractivity contribution in [3.05, 3.63) is 29.8 Å². The summed E-state index contributed by atoms with van der Waals surface area (Å²) in [4.78, 5) is 28.9. The summed E-state index contributed by atoms with van der Waals surface area (Å²) in [5, 5.41) is 9.02. The van der Waals surface area contributed by atoms with E-state index in [-0.39, 0.29) is 5.78 Å². The number of piperazine rings is 1. The number of Topliss-reactive ketones (excluding diaryl/α,β-unsaturated/α-hetero) is 1. The quantitative estimate of drug-likeness (QED) is 0.819. The molecule has 1 N–H and O–H groups in total. The molecule has 3 rings (SSSR count). The Morgan fingerprint density at radius 2 is 1.77 bits per heavy atom. The first kappa shape index (κ1) is 18.7. The second-order valence-electron chi connectivity index (χ2n) is 7.44. The summed E-state index contributed by atoms with van der Waals surface area (Å²) in [5.41, 5.74) is 1.91. The van der Waals surface area contributed by atoms with E-state index in [0.29, 0.717) is 19.0 Å². The van der Waals surface area contributed by atoms with Crippen LogP contribution in [0.4, 0.5) is 10.5 Å². The van der Waals surface area contributed by atoms with Crippen LogP contribution in [0.25, 0.3) is 0 Å². The molecule has 0 aliphatic carbocycles. The van der Waals surface area contributed by atoms with Gasteiger partial charge in [-0.3, -0.25) is 9.69 Å². The molecule has 2 aliphatic heterocycles. The van der Waals surface area contributed by atoms with Gasteiger partial charge in [-0.05, 0) is 50.8 Å². The van der Waals surface area contributed by atoms with Crippen LogP contribution in [-0.4, -0.2) is 72.6 Å². The monoisotopic (exact) mass is 359 g/mol. The van der Waals surface area contributed by atoms with Crippen LogP contribution in [0.5, 0.6) is 0 Å². The molecule has 0 radical (unpaired) electrons. The van der Waals surface area contributed by atoms with Crippen molar-refractivity contribution in [1.82, 2.24) is 9.80 Å². The highest BCUT2D eigenvalue weighted by molar-refractivity contribution is 5.95. The fourth-order valence-electron chi connectivity index (χ4n) is 3.93. The molecule has 2 fully saturated rings. The van der Waals surface area contributed by atoms with Crippen molar-refractivity contribution >= 4 is 17.6 Å². The van der Waals surface area contributed by atoms with E-state index < -0.39 is 6.09 Å². The minimum atomic E-state index is -0.784. The van der Waals surface area contributed by atoms with Crippen molar-refractivity contribution in [1.29, 1.82) is 0 Å². The van der Waals surface area contributed by atoms with Gasteiger partial charge in [-0.1, -0.05) is 12.1 Å². The zero-order valence-electron chi connectivity index (χ0n) is 15.6. The number of hydrogen-bond acceptors (Lipinski definition) is 4. The molecule has 2 saturated heterocycles. The molecule has 2 heterocycles. The largest absolute Gasteiger partial charge is 0.465 e. The maximum atomic E-state index is 11.6. The number of likely N-dealkylation sites (tertiary alicyclic amines) is 1. The predicted octanol–water partition coefficient (Wildman–Crippen LogP) is 2.79. The number of hydrogen-bond donors (Lipinski definition) is 1. The van der Waals surface area contributed by atoms with Gasteiger partial charge in [-0.15, -0.1) is 0 Å². The molecule has 1 aromatic rings. The third kappa shape index (κ3) is 4.75. The van der Waals surface area contributed by atoms with Gasteiger partial charge in [0.25, 0.3) is 0 Å². The number of anilines is 1. The smallest absolute Gasteiger partial charge is 0.407 e. The summed E-state index contributed by atoms with van der Waals surface area (Å²) in [6, 6.07) is 7.91. The molecule has 0 atom stereocenters. The average molecular weight is 359 g/mol. The SMILES string of the molecule is CC(=O)c1cccc(N2CCN(CCC3CCN(C(=O)O)CC3)CC2)c1. The fraction of sp³-hybridized carbons (Fsp3) is 0.600. The molecule has 0 bridgehead atoms. The summed E-state index contributed by atoms with van der Waals surface area (Å²) < 4.78 is 0. The van der Waals surface area contributed by atoms with E-state index in [1.807, 2.05) is 18.2 Å². The number of benzene rings is 1. The number of piperidine rings is 1. The first-order valence-electron chi connectivity index (χ1n) is 9.59. The van der Waals surface area contributed by atoms with E-state index in [1.165, 1.54) is 4.90 Å². The molecule has 0 unspecified atom stereocenters. The van der Waals surface area contributed by atoms with E-state index in [1.54, 1.807) is 6.92 Å². The molecule has 0 saturated carbocycles. The summed E-state index contributed by atoms with van der Waals surface area (Å²) in [6.07, 6.45) is 2.36. The molecule has 1 aromatic carbocycles. The van der Waals surface area contributed by atoms with Crippen molar-refractivity contribution in [2.45, 2.75) is 26.2 Å². The highest BCUT2D eigenvalue weighted by Crippen LogP contribution is 2.22. The van der Waals surface area contributed by atoms with Gasteiger partial charge in [-0.2, -0.15) is 0 Å². The van der Waals surface area contributed by atoms with Gasteiger partial charge in [-0.25, -0.2) is 4.79 Å². The van der Waals surface area contributed by atoms with Crippen LogP contribution >= 0.6 is 0 Å². The Morgan fingerprint density at radius 1 is 1.08 bits per heavy atom. The van der Waals surface area contributed by atoms with Crippen LogP contribution in [0.3, 0.4) is 0 Å². The normalized spacial score (nSPS) is 19.6. The van der Waals surface area contributed by atoms with E-state index in [9.17, 15) is 9.59 Å². The van der Waals surface area contributed by atoms with Crippen molar-refractivity contribution < 1.29 is 14.7 Å².